The number of rotatable bonds is 64. The Balaban J connectivity index is 4.01. The van der Waals surface area contributed by atoms with Crippen LogP contribution in [-0.2, 0) is 18.4 Å². The van der Waals surface area contributed by atoms with Crippen LogP contribution in [0.25, 0.3) is 0 Å². The summed E-state index contributed by atoms with van der Waals surface area (Å²) < 4.78 is 23.9. The number of phosphoric acid groups is 1. The summed E-state index contributed by atoms with van der Waals surface area (Å²) in [6.45, 7) is 4.97. The summed E-state index contributed by atoms with van der Waals surface area (Å²) in [5.41, 5.74) is 0. The second-order valence-electron chi connectivity index (χ2n) is 24.9. The Labute approximate surface area is 470 Å². The highest BCUT2D eigenvalue weighted by Crippen LogP contribution is 2.43. The zero-order valence-electron chi connectivity index (χ0n) is 51.6. The first-order valence-electron chi connectivity index (χ1n) is 33.9. The Morgan fingerprint density at radius 3 is 0.893 bits per heavy atom. The van der Waals surface area contributed by atoms with E-state index in [-0.39, 0.29) is 19.1 Å². The van der Waals surface area contributed by atoms with Crippen molar-refractivity contribution in [3.8, 4) is 0 Å². The van der Waals surface area contributed by atoms with Gasteiger partial charge in [0.15, 0.2) is 0 Å². The molecule has 0 bridgehead atoms. The summed E-state index contributed by atoms with van der Waals surface area (Å²) >= 11 is 0. The molecule has 0 radical (unpaired) electrons. The molecule has 0 aromatic heterocycles. The predicted molar refractivity (Wildman–Crippen MR) is 328 cm³/mol. The molecule has 8 nitrogen and oxygen atoms in total. The van der Waals surface area contributed by atoms with E-state index in [1.165, 1.54) is 302 Å². The van der Waals surface area contributed by atoms with E-state index in [1.807, 2.05) is 21.1 Å². The van der Waals surface area contributed by atoms with Gasteiger partial charge in [0.05, 0.1) is 39.9 Å². The number of quaternary nitrogens is 1. The van der Waals surface area contributed by atoms with Crippen LogP contribution in [-0.4, -0.2) is 73.4 Å². The van der Waals surface area contributed by atoms with Crippen molar-refractivity contribution in [2.24, 2.45) is 0 Å². The van der Waals surface area contributed by atoms with Gasteiger partial charge in [-0.05, 0) is 12.8 Å². The van der Waals surface area contributed by atoms with E-state index >= 15 is 0 Å². The normalized spacial score (nSPS) is 13.6. The number of nitrogens with one attached hydrogen (secondary N) is 1. The standard InChI is InChI=1S/C66H135N2O6P/c1-6-8-10-12-14-16-18-20-22-24-26-28-30-32-33-34-36-37-39-41-43-45-47-49-51-53-55-57-59-65(69)64(63-74-75(71,72)73-62-61-68(3,4)5)67-66(70)60-58-56-54-52-50-48-46-44-42-40-38-35-31-29-27-25-23-21-19-17-15-13-11-9-7-2/h64-65,69H,6-63H2,1-5H3,(H-,67,70,71,72)/p+1. The van der Waals surface area contributed by atoms with E-state index in [9.17, 15) is 19.4 Å². The molecule has 0 aromatic rings. The highest BCUT2D eigenvalue weighted by atomic mass is 31.2. The largest absolute Gasteiger partial charge is 0.472 e. The molecule has 3 atom stereocenters. The molecular formula is C66H136N2O6P+. The fourth-order valence-corrected chi connectivity index (χ4v) is 11.6. The molecule has 75 heavy (non-hydrogen) atoms. The lowest BCUT2D eigenvalue weighted by Crippen LogP contribution is -2.46. The molecule has 0 saturated heterocycles. The fourth-order valence-electron chi connectivity index (χ4n) is 10.8. The van der Waals surface area contributed by atoms with Crippen molar-refractivity contribution >= 4 is 13.7 Å². The van der Waals surface area contributed by atoms with Gasteiger partial charge in [0.25, 0.3) is 0 Å². The lowest BCUT2D eigenvalue weighted by atomic mass is 10.0. The van der Waals surface area contributed by atoms with Crippen LogP contribution in [0.15, 0.2) is 0 Å². The molecular weight excluding hydrogens is 948 g/mol. The number of carbonyl (C=O) groups is 1. The highest BCUT2D eigenvalue weighted by molar-refractivity contribution is 7.47. The fraction of sp³-hybridized carbons (Fsp3) is 0.985. The van der Waals surface area contributed by atoms with E-state index in [0.29, 0.717) is 23.9 Å². The number of aliphatic hydroxyl groups excluding tert-OH is 1. The molecule has 1 amide bonds. The second-order valence-corrected chi connectivity index (χ2v) is 26.4. The number of amides is 1. The third kappa shape index (κ3) is 61.0. The number of carbonyl (C=O) groups excluding carboxylic acids is 1. The second kappa shape index (κ2) is 58.2. The summed E-state index contributed by atoms with van der Waals surface area (Å²) in [5, 5.41) is 14.1. The van der Waals surface area contributed by atoms with Crippen molar-refractivity contribution in [3.63, 3.8) is 0 Å². The number of unbranched alkanes of at least 4 members (excludes halogenated alkanes) is 51. The van der Waals surface area contributed by atoms with Gasteiger partial charge in [-0.3, -0.25) is 13.8 Å². The molecule has 450 valence electrons. The third-order valence-corrected chi connectivity index (χ3v) is 17.1. The van der Waals surface area contributed by atoms with Crippen molar-refractivity contribution in [2.75, 3.05) is 40.9 Å². The Morgan fingerprint density at radius 1 is 0.400 bits per heavy atom. The lowest BCUT2D eigenvalue weighted by molar-refractivity contribution is -0.870. The van der Waals surface area contributed by atoms with Gasteiger partial charge < -0.3 is 19.8 Å². The minimum Gasteiger partial charge on any atom is -0.391 e. The zero-order valence-corrected chi connectivity index (χ0v) is 52.5. The molecule has 0 saturated carbocycles. The maximum absolute atomic E-state index is 13.1. The van der Waals surface area contributed by atoms with Crippen molar-refractivity contribution in [1.29, 1.82) is 0 Å². The first-order valence-corrected chi connectivity index (χ1v) is 35.4. The van der Waals surface area contributed by atoms with Crippen LogP contribution < -0.4 is 5.32 Å². The van der Waals surface area contributed by atoms with Gasteiger partial charge in [-0.2, -0.15) is 0 Å². The van der Waals surface area contributed by atoms with Crippen LogP contribution in [0, 0.1) is 0 Å². The van der Waals surface area contributed by atoms with E-state index in [4.69, 9.17) is 9.05 Å². The number of hydrogen-bond acceptors (Lipinski definition) is 5. The Bertz CT molecular complexity index is 1180. The summed E-state index contributed by atoms with van der Waals surface area (Å²) in [7, 11) is 1.64. The Hall–Kier alpha value is -0.500. The van der Waals surface area contributed by atoms with E-state index in [1.54, 1.807) is 0 Å². The molecule has 0 aliphatic heterocycles. The maximum Gasteiger partial charge on any atom is 0.472 e. The summed E-state index contributed by atoms with van der Waals surface area (Å²) in [5.74, 6) is -0.133. The van der Waals surface area contributed by atoms with Gasteiger partial charge in [0.2, 0.25) is 5.91 Å². The molecule has 3 unspecified atom stereocenters. The van der Waals surface area contributed by atoms with Gasteiger partial charge in [0.1, 0.15) is 13.2 Å². The summed E-state index contributed by atoms with van der Waals surface area (Å²) in [6, 6.07) is -0.756. The van der Waals surface area contributed by atoms with Crippen LogP contribution in [0.1, 0.15) is 367 Å². The van der Waals surface area contributed by atoms with Crippen LogP contribution in [0.5, 0.6) is 0 Å². The lowest BCUT2D eigenvalue weighted by Gasteiger charge is -2.26. The topological polar surface area (TPSA) is 105 Å². The Kier molecular flexibility index (Phi) is 57.8. The summed E-state index contributed by atoms with van der Waals surface area (Å²) in [6.07, 6.45) is 72.0. The molecule has 3 N–H and O–H groups in total. The SMILES string of the molecule is CCCCCCCCCCCCCCCCCCCCCCCCCCCCCCC(O)C(COP(=O)(O)OCC[N+](C)(C)C)NC(=O)CCCCCCCCCCCCCCCCCCCCCCCCCCC. The minimum absolute atomic E-state index is 0.0794. The molecule has 0 fully saturated rings. The van der Waals surface area contributed by atoms with E-state index < -0.39 is 20.0 Å². The summed E-state index contributed by atoms with van der Waals surface area (Å²) in [4.78, 5) is 23.4. The molecule has 0 spiro atoms. The molecule has 0 rings (SSSR count). The van der Waals surface area contributed by atoms with Gasteiger partial charge in [0, 0.05) is 6.42 Å². The first kappa shape index (κ1) is 74.5. The Morgan fingerprint density at radius 2 is 0.640 bits per heavy atom. The number of phosphoric ester groups is 1. The van der Waals surface area contributed by atoms with Gasteiger partial charge in [-0.1, -0.05) is 348 Å². The van der Waals surface area contributed by atoms with Crippen LogP contribution in [0.3, 0.4) is 0 Å². The smallest absolute Gasteiger partial charge is 0.391 e. The number of aliphatic hydroxyl groups is 1. The van der Waals surface area contributed by atoms with Crippen LogP contribution in [0.4, 0.5) is 0 Å². The van der Waals surface area contributed by atoms with E-state index in [2.05, 4.69) is 19.2 Å². The maximum atomic E-state index is 13.1. The minimum atomic E-state index is -4.32. The zero-order chi connectivity index (χ0) is 54.9. The molecule has 0 heterocycles. The van der Waals surface area contributed by atoms with Crippen molar-refractivity contribution < 1.29 is 32.9 Å². The number of hydrogen-bond donors (Lipinski definition) is 3. The van der Waals surface area contributed by atoms with E-state index in [0.717, 1.165) is 38.5 Å². The number of likely N-dealkylation sites (N-methyl/N-ethyl adjacent to an activating group) is 1. The van der Waals surface area contributed by atoms with Crippen molar-refractivity contribution in [3.05, 3.63) is 0 Å². The van der Waals surface area contributed by atoms with Crippen LogP contribution in [0.2, 0.25) is 0 Å². The van der Waals surface area contributed by atoms with Gasteiger partial charge in [-0.25, -0.2) is 4.57 Å². The molecule has 0 aliphatic carbocycles. The van der Waals surface area contributed by atoms with Crippen molar-refractivity contribution in [1.82, 2.24) is 5.32 Å². The van der Waals surface area contributed by atoms with Crippen LogP contribution >= 0.6 is 7.82 Å². The number of nitrogens with zero attached hydrogens (tertiary/aromatic N) is 1. The molecule has 0 aromatic carbocycles. The van der Waals surface area contributed by atoms with Gasteiger partial charge >= 0.3 is 7.82 Å². The van der Waals surface area contributed by atoms with Gasteiger partial charge in [-0.15, -0.1) is 0 Å². The quantitative estimate of drug-likeness (QED) is 0.0318. The highest BCUT2D eigenvalue weighted by Gasteiger charge is 2.28. The van der Waals surface area contributed by atoms with Crippen molar-refractivity contribution in [2.45, 2.75) is 379 Å². The monoisotopic (exact) mass is 1080 g/mol. The average molecular weight is 1080 g/mol. The predicted octanol–water partition coefficient (Wildman–Crippen LogP) is 21.2. The average Bonchev–Trinajstić information content (AvgIpc) is 3.37. The molecule has 9 heteroatoms. The third-order valence-electron chi connectivity index (χ3n) is 16.1. The first-order chi connectivity index (χ1) is 36.5. The molecule has 0 aliphatic rings.